The van der Waals surface area contributed by atoms with Crippen molar-refractivity contribution in [2.24, 2.45) is 7.05 Å². The molecule has 0 radical (unpaired) electrons. The molecule has 1 fully saturated rings. The van der Waals surface area contributed by atoms with Crippen LogP contribution in [0.1, 0.15) is 30.5 Å². The van der Waals surface area contributed by atoms with E-state index in [2.05, 4.69) is 33.3 Å². The highest BCUT2D eigenvalue weighted by Crippen LogP contribution is 2.35. The Labute approximate surface area is 309 Å². The summed E-state index contributed by atoms with van der Waals surface area (Å²) >= 11 is 0. The summed E-state index contributed by atoms with van der Waals surface area (Å²) in [7, 11) is 1.97. The lowest BCUT2D eigenvalue weighted by atomic mass is 10.0. The van der Waals surface area contributed by atoms with Crippen molar-refractivity contribution in [1.29, 1.82) is 0 Å². The molecule has 2 atom stereocenters. The van der Waals surface area contributed by atoms with Crippen molar-refractivity contribution in [2.75, 3.05) is 24.5 Å². The number of hydrogen-bond acceptors (Lipinski definition) is 8. The minimum absolute atomic E-state index is 0.0231. The number of pyridine rings is 1. The van der Waals surface area contributed by atoms with Crippen LogP contribution in [0.25, 0.3) is 38.9 Å². The number of rotatable bonds is 6. The van der Waals surface area contributed by atoms with Crippen LogP contribution in [0.5, 0.6) is 5.88 Å². The van der Waals surface area contributed by atoms with Crippen LogP contribution in [-0.2, 0) is 24.7 Å². The summed E-state index contributed by atoms with van der Waals surface area (Å²) in [5, 5.41) is 10.9. The van der Waals surface area contributed by atoms with Gasteiger partial charge in [0, 0.05) is 55.3 Å². The average Bonchev–Trinajstić information content (AvgIpc) is 3.89. The normalized spacial score (nSPS) is 17.5. The minimum atomic E-state index is -0.772. The second-order valence-corrected chi connectivity index (χ2v) is 13.9. The highest BCUT2D eigenvalue weighted by molar-refractivity contribution is 5.96. The van der Waals surface area contributed by atoms with E-state index in [4.69, 9.17) is 14.8 Å². The van der Waals surface area contributed by atoms with Gasteiger partial charge < -0.3 is 14.5 Å². The first-order chi connectivity index (χ1) is 26.4. The third kappa shape index (κ3) is 6.18. The first kappa shape index (κ1) is 33.6. The molecule has 0 saturated carbocycles. The Balaban J connectivity index is 1.11. The number of aromatic nitrogens is 7. The summed E-state index contributed by atoms with van der Waals surface area (Å²) in [6.07, 6.45) is 6.01. The van der Waals surface area contributed by atoms with Crippen molar-refractivity contribution in [3.05, 3.63) is 120 Å². The van der Waals surface area contributed by atoms with Crippen LogP contribution in [0.2, 0.25) is 0 Å². The molecular weight excluding hydrogens is 689 g/mol. The maximum atomic E-state index is 14.9. The van der Waals surface area contributed by atoms with Crippen LogP contribution in [0.4, 0.5) is 14.6 Å². The fraction of sp³-hybridized carbons (Fsp3) is 0.268. The second kappa shape index (κ2) is 14.0. The van der Waals surface area contributed by atoms with Crippen molar-refractivity contribution in [1.82, 2.24) is 39.4 Å². The third-order valence-corrected chi connectivity index (χ3v) is 10.5. The first-order valence-corrected chi connectivity index (χ1v) is 18.2. The second-order valence-electron chi connectivity index (χ2n) is 13.9. The Morgan fingerprint density at radius 2 is 1.83 bits per heavy atom. The zero-order valence-corrected chi connectivity index (χ0v) is 29.6. The molecule has 0 spiro atoms. The van der Waals surface area contributed by atoms with Crippen molar-refractivity contribution in [2.45, 2.75) is 44.2 Å². The van der Waals surface area contributed by atoms with Gasteiger partial charge in [0.15, 0.2) is 11.5 Å². The first-order valence-electron chi connectivity index (χ1n) is 18.2. The van der Waals surface area contributed by atoms with E-state index in [1.54, 1.807) is 6.20 Å². The average molecular weight is 726 g/mol. The Hall–Kier alpha value is -6.24. The largest absolute Gasteiger partial charge is 0.472 e. The molecule has 54 heavy (non-hydrogen) atoms. The van der Waals surface area contributed by atoms with E-state index >= 15 is 0 Å². The molecule has 1 amide bonds. The number of nitrogens with zero attached hydrogens (tertiary/aromatic N) is 9. The number of fused-ring (bicyclic) bond motifs is 6. The molecule has 3 aromatic carbocycles. The van der Waals surface area contributed by atoms with Gasteiger partial charge in [0.1, 0.15) is 35.8 Å². The smallest absolute Gasteiger partial charge is 0.245 e. The molecule has 13 heteroatoms. The maximum Gasteiger partial charge on any atom is 0.245 e. The summed E-state index contributed by atoms with van der Waals surface area (Å²) < 4.78 is 38.6. The Bertz CT molecular complexity index is 2500. The predicted molar refractivity (Wildman–Crippen MR) is 200 cm³/mol. The van der Waals surface area contributed by atoms with E-state index in [-0.39, 0.29) is 11.6 Å². The lowest BCUT2D eigenvalue weighted by molar-refractivity contribution is -0.132. The predicted octanol–water partition coefficient (Wildman–Crippen LogP) is 6.48. The molecule has 0 unspecified atom stereocenters. The van der Waals surface area contributed by atoms with E-state index in [0.29, 0.717) is 55.2 Å². The van der Waals surface area contributed by atoms with Gasteiger partial charge in [-0.05, 0) is 55.5 Å². The molecule has 4 aromatic heterocycles. The highest BCUT2D eigenvalue weighted by atomic mass is 19.1. The van der Waals surface area contributed by atoms with Crippen molar-refractivity contribution in [3.8, 4) is 22.8 Å². The number of halogens is 2. The molecule has 6 heterocycles. The number of benzene rings is 3. The lowest BCUT2D eigenvalue weighted by Gasteiger charge is -2.31. The Kier molecular flexibility index (Phi) is 8.68. The van der Waals surface area contributed by atoms with E-state index < -0.39 is 23.8 Å². The summed E-state index contributed by atoms with van der Waals surface area (Å²) in [4.78, 5) is 33.0. The van der Waals surface area contributed by atoms with Gasteiger partial charge in [-0.15, -0.1) is 0 Å². The van der Waals surface area contributed by atoms with Gasteiger partial charge in [-0.2, -0.15) is 10.2 Å². The highest BCUT2D eigenvalue weighted by Gasteiger charge is 2.42. The van der Waals surface area contributed by atoms with Gasteiger partial charge in [0.25, 0.3) is 0 Å². The van der Waals surface area contributed by atoms with Crippen LogP contribution in [0.3, 0.4) is 0 Å². The lowest BCUT2D eigenvalue weighted by Crippen LogP contribution is -2.47. The molecule has 7 aromatic rings. The van der Waals surface area contributed by atoms with Gasteiger partial charge in [-0.25, -0.2) is 28.4 Å². The zero-order valence-electron chi connectivity index (χ0n) is 29.6. The molecule has 9 rings (SSSR count). The van der Waals surface area contributed by atoms with Crippen molar-refractivity contribution in [3.63, 3.8) is 0 Å². The molecular formula is C41H37F2N9O2. The fourth-order valence-electron chi connectivity index (χ4n) is 7.95. The van der Waals surface area contributed by atoms with E-state index in [9.17, 15) is 13.6 Å². The number of hydrogen-bond donors (Lipinski definition) is 0. The van der Waals surface area contributed by atoms with Crippen molar-refractivity contribution < 1.29 is 18.3 Å². The monoisotopic (exact) mass is 725 g/mol. The molecule has 2 aliphatic rings. The fourth-order valence-corrected chi connectivity index (χ4v) is 7.95. The molecule has 4 bridgehead atoms. The van der Waals surface area contributed by atoms with E-state index in [1.807, 2.05) is 70.1 Å². The van der Waals surface area contributed by atoms with Gasteiger partial charge in [-0.1, -0.05) is 48.5 Å². The molecule has 11 nitrogen and oxygen atoms in total. The molecule has 2 aliphatic heterocycles. The maximum absolute atomic E-state index is 14.9. The number of amides is 1. The summed E-state index contributed by atoms with van der Waals surface area (Å²) in [5.41, 5.74) is 5.35. The topological polar surface area (TPSA) is 107 Å². The SMILES string of the molecule is Cn1nc2cccc3c2c1CCCN(CCCc1ccccc1)C(=O)[C@@H]1C[C@@H](CN1c1ncnc2c1cnn2-c1ccc(F)cc1F)Oc1cccc-3n1. The van der Waals surface area contributed by atoms with Crippen molar-refractivity contribution >= 4 is 33.7 Å². The quantitative estimate of drug-likeness (QED) is 0.192. The Morgan fingerprint density at radius 3 is 2.70 bits per heavy atom. The molecule has 272 valence electrons. The summed E-state index contributed by atoms with van der Waals surface area (Å²) in [6, 6.07) is 24.8. The number of ether oxygens (including phenoxy) is 1. The van der Waals surface area contributed by atoms with Crippen LogP contribution in [-0.4, -0.2) is 77.1 Å². The number of aryl methyl sites for hydroxylation is 3. The molecule has 0 aliphatic carbocycles. The third-order valence-electron chi connectivity index (χ3n) is 10.5. The van der Waals surface area contributed by atoms with E-state index in [0.717, 1.165) is 53.2 Å². The summed E-state index contributed by atoms with van der Waals surface area (Å²) in [5.74, 6) is -0.549. The number of carbonyl (C=O) groups excluding carboxylic acids is 1. The molecule has 1 saturated heterocycles. The van der Waals surface area contributed by atoms with Crippen LogP contribution in [0.15, 0.2) is 97.5 Å². The van der Waals surface area contributed by atoms with Crippen LogP contribution >= 0.6 is 0 Å². The van der Waals surface area contributed by atoms with Gasteiger partial charge in [0.05, 0.1) is 29.3 Å². The summed E-state index contributed by atoms with van der Waals surface area (Å²) in [6.45, 7) is 1.46. The van der Waals surface area contributed by atoms with Gasteiger partial charge in [-0.3, -0.25) is 9.48 Å². The van der Waals surface area contributed by atoms with Gasteiger partial charge >= 0.3 is 0 Å². The van der Waals surface area contributed by atoms with E-state index in [1.165, 1.54) is 28.7 Å². The molecule has 0 N–H and O–H groups in total. The Morgan fingerprint density at radius 1 is 0.963 bits per heavy atom. The standard InChI is InChI=1S/C41H37F2N9O2/c1-49-35-15-8-20-50(19-7-11-26-9-3-2-4-10-26)41(53)36-22-28(54-37-16-6-13-32(47-37)29-12-5-14-33(48-49)38(29)35)24-51(36)39-30-23-46-52(40(30)45-25-44-39)34-18-17-27(42)21-31(34)43/h2-6,9-10,12-14,16-18,21,23,25,28,36H,7-8,11,15,19-20,22,24H2,1H3/t28-,36-/m0/s1. The van der Waals surface area contributed by atoms with Crippen LogP contribution in [0, 0.1) is 11.6 Å². The van der Waals surface area contributed by atoms with Gasteiger partial charge in [0.2, 0.25) is 11.8 Å². The number of anilines is 1. The van der Waals surface area contributed by atoms with Crippen LogP contribution < -0.4 is 9.64 Å². The number of carbonyl (C=O) groups is 1. The zero-order chi connectivity index (χ0) is 36.8. The minimum Gasteiger partial charge on any atom is -0.472 e.